The second-order valence-electron chi connectivity index (χ2n) is 4.65. The summed E-state index contributed by atoms with van der Waals surface area (Å²) in [6, 6.07) is 15.4. The molecule has 0 aromatic heterocycles. The van der Waals surface area contributed by atoms with Crippen LogP contribution in [0.25, 0.3) is 0 Å². The second kappa shape index (κ2) is 6.70. The van der Waals surface area contributed by atoms with Crippen molar-refractivity contribution in [2.45, 2.75) is 12.8 Å². The predicted molar refractivity (Wildman–Crippen MR) is 78.3 cm³/mol. The van der Waals surface area contributed by atoms with Crippen molar-refractivity contribution < 1.29 is 9.18 Å². The summed E-state index contributed by atoms with van der Waals surface area (Å²) < 4.78 is 12.7. The molecule has 0 fully saturated rings. The second-order valence-corrected chi connectivity index (χ2v) is 4.65. The van der Waals surface area contributed by atoms with Crippen molar-refractivity contribution >= 4 is 11.7 Å². The van der Waals surface area contributed by atoms with Gasteiger partial charge in [0.1, 0.15) is 5.82 Å². The van der Waals surface area contributed by atoms with E-state index in [9.17, 15) is 9.18 Å². The maximum absolute atomic E-state index is 12.7. The van der Waals surface area contributed by atoms with Gasteiger partial charge in [0.15, 0.2) is 0 Å². The molecule has 1 unspecified atom stereocenters. The van der Waals surface area contributed by atoms with E-state index in [1.807, 2.05) is 37.3 Å². The number of urea groups is 1. The Balaban J connectivity index is 1.82. The molecule has 0 aliphatic rings. The average molecular weight is 272 g/mol. The van der Waals surface area contributed by atoms with Crippen LogP contribution >= 0.6 is 0 Å². The zero-order valence-electron chi connectivity index (χ0n) is 11.3. The summed E-state index contributed by atoms with van der Waals surface area (Å²) in [4.78, 5) is 11.7. The normalized spacial score (nSPS) is 11.7. The van der Waals surface area contributed by atoms with Gasteiger partial charge in [-0.1, -0.05) is 37.3 Å². The highest BCUT2D eigenvalue weighted by Gasteiger charge is 2.07. The summed E-state index contributed by atoms with van der Waals surface area (Å²) in [5.74, 6) is -0.0937. The van der Waals surface area contributed by atoms with Crippen LogP contribution in [0, 0.1) is 5.82 Å². The number of hydrogen-bond donors (Lipinski definition) is 2. The Bertz CT molecular complexity index is 554. The van der Waals surface area contributed by atoms with Crippen LogP contribution in [0.1, 0.15) is 18.4 Å². The zero-order valence-corrected chi connectivity index (χ0v) is 11.3. The van der Waals surface area contributed by atoms with Gasteiger partial charge in [0.05, 0.1) is 0 Å². The maximum Gasteiger partial charge on any atom is 0.319 e. The number of benzene rings is 2. The van der Waals surface area contributed by atoms with Crippen molar-refractivity contribution in [1.29, 1.82) is 0 Å². The highest BCUT2D eigenvalue weighted by Crippen LogP contribution is 2.13. The minimum absolute atomic E-state index is 0.232. The van der Waals surface area contributed by atoms with Crippen LogP contribution < -0.4 is 10.6 Å². The molecule has 0 saturated heterocycles. The molecule has 2 aromatic rings. The van der Waals surface area contributed by atoms with Crippen molar-refractivity contribution in [3.63, 3.8) is 0 Å². The molecule has 104 valence electrons. The molecular formula is C16H17FN2O. The first kappa shape index (κ1) is 14.1. The van der Waals surface area contributed by atoms with E-state index in [1.165, 1.54) is 29.8 Å². The highest BCUT2D eigenvalue weighted by molar-refractivity contribution is 5.89. The minimum Gasteiger partial charge on any atom is -0.337 e. The monoisotopic (exact) mass is 272 g/mol. The molecule has 0 aliphatic heterocycles. The number of rotatable bonds is 4. The summed E-state index contributed by atoms with van der Waals surface area (Å²) in [5, 5.41) is 5.46. The molecule has 1 atom stereocenters. The van der Waals surface area contributed by atoms with Gasteiger partial charge >= 0.3 is 6.03 Å². The van der Waals surface area contributed by atoms with Crippen molar-refractivity contribution in [3.8, 4) is 0 Å². The first-order valence-corrected chi connectivity index (χ1v) is 6.50. The lowest BCUT2D eigenvalue weighted by atomic mass is 10.0. The largest absolute Gasteiger partial charge is 0.337 e. The molecule has 4 heteroatoms. The van der Waals surface area contributed by atoms with Gasteiger partial charge in [-0.05, 0) is 35.7 Å². The van der Waals surface area contributed by atoms with Crippen LogP contribution in [0.3, 0.4) is 0 Å². The van der Waals surface area contributed by atoms with Gasteiger partial charge in [0.25, 0.3) is 0 Å². The summed E-state index contributed by atoms with van der Waals surface area (Å²) in [7, 11) is 0. The molecule has 0 heterocycles. The number of halogens is 1. The lowest BCUT2D eigenvalue weighted by molar-refractivity contribution is 0.251. The van der Waals surface area contributed by atoms with Gasteiger partial charge in [-0.15, -0.1) is 0 Å². The number of anilines is 1. The van der Waals surface area contributed by atoms with Gasteiger partial charge < -0.3 is 10.6 Å². The fourth-order valence-corrected chi connectivity index (χ4v) is 1.85. The molecule has 2 amide bonds. The Morgan fingerprint density at radius 1 is 1.10 bits per heavy atom. The van der Waals surface area contributed by atoms with Crippen LogP contribution in [0.15, 0.2) is 54.6 Å². The van der Waals surface area contributed by atoms with Crippen molar-refractivity contribution in [3.05, 3.63) is 66.0 Å². The SMILES string of the molecule is CC(CNC(=O)Nc1ccc(F)cc1)c1ccccc1. The topological polar surface area (TPSA) is 41.1 Å². The van der Waals surface area contributed by atoms with Crippen LogP contribution in [0.5, 0.6) is 0 Å². The smallest absolute Gasteiger partial charge is 0.319 e. The van der Waals surface area contributed by atoms with E-state index < -0.39 is 0 Å². The highest BCUT2D eigenvalue weighted by atomic mass is 19.1. The summed E-state index contributed by atoms with van der Waals surface area (Å²) >= 11 is 0. The lowest BCUT2D eigenvalue weighted by Gasteiger charge is -2.13. The number of carbonyl (C=O) groups is 1. The molecule has 0 aliphatic carbocycles. The molecule has 0 saturated carbocycles. The van der Waals surface area contributed by atoms with Crippen LogP contribution in [-0.2, 0) is 0 Å². The standard InChI is InChI=1S/C16H17FN2O/c1-12(13-5-3-2-4-6-13)11-18-16(20)19-15-9-7-14(17)8-10-15/h2-10,12H,11H2,1H3,(H2,18,19,20). The third kappa shape index (κ3) is 4.09. The summed E-state index contributed by atoms with van der Waals surface area (Å²) in [6.45, 7) is 2.59. The quantitative estimate of drug-likeness (QED) is 0.874. The first-order chi connectivity index (χ1) is 9.65. The third-order valence-corrected chi connectivity index (χ3v) is 3.04. The Morgan fingerprint density at radius 2 is 1.75 bits per heavy atom. The van der Waals surface area contributed by atoms with Gasteiger partial charge in [0, 0.05) is 12.2 Å². The molecule has 0 radical (unpaired) electrons. The van der Waals surface area contributed by atoms with Crippen LogP contribution in [0.2, 0.25) is 0 Å². The molecule has 0 spiro atoms. The fourth-order valence-electron chi connectivity index (χ4n) is 1.85. The zero-order chi connectivity index (χ0) is 14.4. The van der Waals surface area contributed by atoms with Gasteiger partial charge in [-0.3, -0.25) is 0 Å². The van der Waals surface area contributed by atoms with E-state index in [2.05, 4.69) is 10.6 Å². The van der Waals surface area contributed by atoms with Crippen molar-refractivity contribution in [1.82, 2.24) is 5.32 Å². The van der Waals surface area contributed by atoms with Crippen LogP contribution in [-0.4, -0.2) is 12.6 Å². The number of amides is 2. The van der Waals surface area contributed by atoms with Crippen molar-refractivity contribution in [2.24, 2.45) is 0 Å². The maximum atomic E-state index is 12.7. The third-order valence-electron chi connectivity index (χ3n) is 3.04. The van der Waals surface area contributed by atoms with Crippen molar-refractivity contribution in [2.75, 3.05) is 11.9 Å². The lowest BCUT2D eigenvalue weighted by Crippen LogP contribution is -2.31. The molecule has 0 bridgehead atoms. The Kier molecular flexibility index (Phi) is 4.71. The van der Waals surface area contributed by atoms with Gasteiger partial charge in [-0.2, -0.15) is 0 Å². The van der Waals surface area contributed by atoms with E-state index in [1.54, 1.807) is 0 Å². The van der Waals surface area contributed by atoms with E-state index in [-0.39, 0.29) is 17.8 Å². The number of hydrogen-bond acceptors (Lipinski definition) is 1. The van der Waals surface area contributed by atoms with E-state index >= 15 is 0 Å². The average Bonchev–Trinajstić information content (AvgIpc) is 2.48. The Labute approximate surface area is 117 Å². The number of carbonyl (C=O) groups excluding carboxylic acids is 1. The minimum atomic E-state index is -0.325. The van der Waals surface area contributed by atoms with E-state index in [0.29, 0.717) is 12.2 Å². The molecule has 2 N–H and O–H groups in total. The Morgan fingerprint density at radius 3 is 2.40 bits per heavy atom. The fraction of sp³-hybridized carbons (Fsp3) is 0.188. The van der Waals surface area contributed by atoms with Gasteiger partial charge in [-0.25, -0.2) is 9.18 Å². The summed E-state index contributed by atoms with van der Waals surface area (Å²) in [6.07, 6.45) is 0. The molecule has 2 aromatic carbocycles. The van der Waals surface area contributed by atoms with E-state index in [0.717, 1.165) is 0 Å². The Hall–Kier alpha value is -2.36. The predicted octanol–water partition coefficient (Wildman–Crippen LogP) is 3.75. The molecule has 2 rings (SSSR count). The molecular weight excluding hydrogens is 255 g/mol. The molecule has 3 nitrogen and oxygen atoms in total. The van der Waals surface area contributed by atoms with E-state index in [4.69, 9.17) is 0 Å². The van der Waals surface area contributed by atoms with Gasteiger partial charge in [0.2, 0.25) is 0 Å². The molecule has 20 heavy (non-hydrogen) atoms. The first-order valence-electron chi connectivity index (χ1n) is 6.50. The van der Waals surface area contributed by atoms with Crippen LogP contribution in [0.4, 0.5) is 14.9 Å². The number of nitrogens with one attached hydrogen (secondary N) is 2. The summed E-state index contributed by atoms with van der Waals surface area (Å²) in [5.41, 5.74) is 1.74.